The second kappa shape index (κ2) is 9.85. The second-order valence-electron chi connectivity index (χ2n) is 6.56. The van der Waals surface area contributed by atoms with Crippen molar-refractivity contribution < 1.29 is 26.5 Å². The number of guanidine groups is 1. The van der Waals surface area contributed by atoms with Gasteiger partial charge in [-0.3, -0.25) is 4.99 Å². The number of benzene rings is 1. The Kier molecular flexibility index (Phi) is 7.21. The summed E-state index contributed by atoms with van der Waals surface area (Å²) in [6.45, 7) is -0.953. The van der Waals surface area contributed by atoms with Crippen LogP contribution in [0.2, 0.25) is 0 Å². The van der Waals surface area contributed by atoms with Crippen LogP contribution in [0.15, 0.2) is 46.1 Å². The van der Waals surface area contributed by atoms with E-state index in [1.165, 1.54) is 28.8 Å². The number of aromatic nitrogens is 1. The Morgan fingerprint density at radius 2 is 2.07 bits per heavy atom. The molecule has 3 rings (SSSR count). The normalized spacial score (nSPS) is 16.1. The van der Waals surface area contributed by atoms with Gasteiger partial charge in [-0.2, -0.15) is 13.1 Å². The third-order valence-electron chi connectivity index (χ3n) is 4.54. The van der Waals surface area contributed by atoms with Crippen molar-refractivity contribution in [3.05, 3.63) is 47.9 Å². The lowest BCUT2D eigenvalue weighted by molar-refractivity contribution is -0.0498. The Hall–Kier alpha value is -2.73. The van der Waals surface area contributed by atoms with Crippen LogP contribution in [0.1, 0.15) is 11.3 Å². The van der Waals surface area contributed by atoms with E-state index >= 15 is 0 Å². The zero-order chi connectivity index (χ0) is 21.6. The van der Waals surface area contributed by atoms with E-state index in [0.29, 0.717) is 44.4 Å². The Morgan fingerprint density at radius 1 is 1.30 bits per heavy atom. The summed E-state index contributed by atoms with van der Waals surface area (Å²) in [6.07, 6.45) is 1.34. The first kappa shape index (κ1) is 22.0. The smallest absolute Gasteiger partial charge is 0.387 e. The van der Waals surface area contributed by atoms with Gasteiger partial charge in [-0.1, -0.05) is 17.3 Å². The highest BCUT2D eigenvalue weighted by Gasteiger charge is 2.29. The van der Waals surface area contributed by atoms with E-state index in [4.69, 9.17) is 4.52 Å². The number of aliphatic imine (C=N–C) groups is 1. The summed E-state index contributed by atoms with van der Waals surface area (Å²) < 4.78 is 60.3. The van der Waals surface area contributed by atoms with Gasteiger partial charge in [-0.15, -0.1) is 0 Å². The topological polar surface area (TPSA) is 100 Å². The first-order valence-electron chi connectivity index (χ1n) is 9.24. The average Bonchev–Trinajstić information content (AvgIpc) is 3.21. The molecule has 1 aromatic heterocycles. The van der Waals surface area contributed by atoms with E-state index in [1.807, 2.05) is 4.90 Å². The van der Waals surface area contributed by atoms with Crippen molar-refractivity contribution in [1.29, 1.82) is 0 Å². The van der Waals surface area contributed by atoms with Crippen molar-refractivity contribution >= 4 is 16.0 Å². The van der Waals surface area contributed by atoms with E-state index in [2.05, 4.69) is 20.2 Å². The lowest BCUT2D eigenvalue weighted by Crippen LogP contribution is -2.53. The van der Waals surface area contributed by atoms with Crippen molar-refractivity contribution in [3.8, 4) is 5.75 Å². The number of nitrogens with zero attached hydrogens (tertiary/aromatic N) is 4. The zero-order valence-corrected chi connectivity index (χ0v) is 17.2. The number of hydrogen-bond acceptors (Lipinski definition) is 6. The average molecular weight is 443 g/mol. The molecule has 1 N–H and O–H groups in total. The van der Waals surface area contributed by atoms with E-state index in [9.17, 15) is 17.2 Å². The van der Waals surface area contributed by atoms with Gasteiger partial charge < -0.3 is 19.5 Å². The molecule has 1 aliphatic rings. The minimum Gasteiger partial charge on any atom is -0.435 e. The Morgan fingerprint density at radius 3 is 2.70 bits per heavy atom. The summed E-state index contributed by atoms with van der Waals surface area (Å²) in [5.41, 5.74) is 1.12. The maximum absolute atomic E-state index is 12.5. The van der Waals surface area contributed by atoms with Gasteiger partial charge in [0.15, 0.2) is 5.96 Å². The quantitative estimate of drug-likeness (QED) is 0.511. The molecule has 0 atom stereocenters. The van der Waals surface area contributed by atoms with Crippen LogP contribution < -0.4 is 10.1 Å². The zero-order valence-electron chi connectivity index (χ0n) is 16.4. The van der Waals surface area contributed by atoms with Gasteiger partial charge >= 0.3 is 6.61 Å². The molecule has 0 unspecified atom stereocenters. The fraction of sp³-hybridized carbons (Fsp3) is 0.444. The minimum atomic E-state index is -3.48. The molecule has 12 heteroatoms. The maximum atomic E-state index is 12.5. The lowest BCUT2D eigenvalue weighted by Gasteiger charge is -2.35. The molecule has 0 radical (unpaired) electrons. The fourth-order valence-electron chi connectivity index (χ4n) is 3.11. The lowest BCUT2D eigenvalue weighted by atomic mass is 10.2. The van der Waals surface area contributed by atoms with Crippen LogP contribution in [0.25, 0.3) is 0 Å². The largest absolute Gasteiger partial charge is 0.435 e. The van der Waals surface area contributed by atoms with Crippen molar-refractivity contribution in [2.45, 2.75) is 18.9 Å². The predicted octanol–water partition coefficient (Wildman–Crippen LogP) is 1.50. The van der Waals surface area contributed by atoms with Crippen molar-refractivity contribution in [3.63, 3.8) is 0 Å². The summed E-state index contributed by atoms with van der Waals surface area (Å²) in [5, 5.41) is 6.83. The standard InChI is InChI=1S/C18H23F2N5O4S/c1-21-18(22-12-14-3-2-4-16(11-14)29-17(19)20)24-6-8-25(9-7-24)30(26,27)13-15-5-10-28-23-15/h2-5,10-11,17H,6-9,12-13H2,1H3,(H,21,22). The molecule has 0 bridgehead atoms. The molecular weight excluding hydrogens is 420 g/mol. The molecule has 1 saturated heterocycles. The number of hydrogen-bond donors (Lipinski definition) is 1. The summed E-state index contributed by atoms with van der Waals surface area (Å²) >= 11 is 0. The molecule has 164 valence electrons. The molecule has 2 aromatic rings. The van der Waals surface area contributed by atoms with Crippen molar-refractivity contribution in [2.75, 3.05) is 33.2 Å². The minimum absolute atomic E-state index is 0.0882. The molecule has 0 saturated carbocycles. The first-order valence-corrected chi connectivity index (χ1v) is 10.8. The number of ether oxygens (including phenoxy) is 1. The van der Waals surface area contributed by atoms with Gasteiger partial charge in [0.1, 0.15) is 17.8 Å². The molecule has 9 nitrogen and oxygen atoms in total. The Balaban J connectivity index is 1.53. The van der Waals surface area contributed by atoms with Crippen LogP contribution in [0, 0.1) is 0 Å². The van der Waals surface area contributed by atoms with Gasteiger partial charge in [0, 0.05) is 45.8 Å². The van der Waals surface area contributed by atoms with E-state index in [1.54, 1.807) is 19.2 Å². The number of halogens is 2. The Bertz CT molecular complexity index is 945. The molecular formula is C18H23F2N5O4S. The number of rotatable bonds is 7. The van der Waals surface area contributed by atoms with Gasteiger partial charge in [0.25, 0.3) is 0 Å². The SMILES string of the molecule is CN=C(NCc1cccc(OC(F)F)c1)N1CCN(S(=O)(=O)Cc2ccon2)CC1. The van der Waals surface area contributed by atoms with Gasteiger partial charge in [-0.25, -0.2) is 8.42 Å². The summed E-state index contributed by atoms with van der Waals surface area (Å²) in [5.74, 6) is 0.488. The van der Waals surface area contributed by atoms with Crippen LogP contribution in [-0.4, -0.2) is 68.6 Å². The van der Waals surface area contributed by atoms with Crippen molar-refractivity contribution in [1.82, 2.24) is 19.7 Å². The molecule has 30 heavy (non-hydrogen) atoms. The van der Waals surface area contributed by atoms with Crippen LogP contribution in [0.5, 0.6) is 5.75 Å². The molecule has 1 aromatic carbocycles. The number of nitrogens with one attached hydrogen (secondary N) is 1. The third kappa shape index (κ3) is 5.89. The van der Waals surface area contributed by atoms with Gasteiger partial charge in [-0.05, 0) is 17.7 Å². The molecule has 0 amide bonds. The van der Waals surface area contributed by atoms with Crippen LogP contribution >= 0.6 is 0 Å². The summed E-state index contributed by atoms with van der Waals surface area (Å²) in [7, 11) is -1.85. The second-order valence-corrected chi connectivity index (χ2v) is 8.53. The molecule has 1 aliphatic heterocycles. The van der Waals surface area contributed by atoms with E-state index in [-0.39, 0.29) is 11.5 Å². The fourth-order valence-corrected chi connectivity index (χ4v) is 4.54. The van der Waals surface area contributed by atoms with Crippen molar-refractivity contribution in [2.24, 2.45) is 4.99 Å². The van der Waals surface area contributed by atoms with Crippen LogP contribution in [0.4, 0.5) is 8.78 Å². The highest BCUT2D eigenvalue weighted by molar-refractivity contribution is 7.88. The number of alkyl halides is 2. The van der Waals surface area contributed by atoms with E-state index in [0.717, 1.165) is 5.56 Å². The monoisotopic (exact) mass is 443 g/mol. The molecule has 0 aliphatic carbocycles. The number of sulfonamides is 1. The highest BCUT2D eigenvalue weighted by Crippen LogP contribution is 2.16. The van der Waals surface area contributed by atoms with Crippen LogP contribution in [-0.2, 0) is 22.3 Å². The highest BCUT2D eigenvalue weighted by atomic mass is 32.2. The summed E-state index contributed by atoms with van der Waals surface area (Å²) in [6, 6.07) is 7.94. The van der Waals surface area contributed by atoms with Crippen LogP contribution in [0.3, 0.4) is 0 Å². The maximum Gasteiger partial charge on any atom is 0.387 e. The molecule has 1 fully saturated rings. The molecule has 0 spiro atoms. The first-order chi connectivity index (χ1) is 14.4. The third-order valence-corrected chi connectivity index (χ3v) is 6.35. The summed E-state index contributed by atoms with van der Waals surface area (Å²) in [4.78, 5) is 6.18. The van der Waals surface area contributed by atoms with Gasteiger partial charge in [0.05, 0.1) is 5.69 Å². The van der Waals surface area contributed by atoms with E-state index < -0.39 is 16.6 Å². The number of piperazine rings is 1. The molecule has 2 heterocycles. The Labute approximate surface area is 173 Å². The predicted molar refractivity (Wildman–Crippen MR) is 106 cm³/mol. The van der Waals surface area contributed by atoms with Gasteiger partial charge in [0.2, 0.25) is 10.0 Å².